The van der Waals surface area contributed by atoms with Crippen molar-refractivity contribution in [3.8, 4) is 11.1 Å². The van der Waals surface area contributed by atoms with Gasteiger partial charge in [-0.05, 0) is 53.4 Å². The minimum Gasteiger partial charge on any atom is -0.330 e. The molecule has 4 aromatic rings. The van der Waals surface area contributed by atoms with Crippen LogP contribution in [0.5, 0.6) is 0 Å². The summed E-state index contributed by atoms with van der Waals surface area (Å²) in [7, 11) is -3.69. The largest absolute Gasteiger partial charge is 0.330 e. The summed E-state index contributed by atoms with van der Waals surface area (Å²) in [5.41, 5.74) is 4.11. The second kappa shape index (κ2) is 11.1. The standard InChI is InChI=1S/C30H27NO4S/c1-23(32)22-36(34,35)29-14-8-13-28(19-29)26-15-17-27(18-16-26)30(33)31(20-24-9-4-2-5-10-24)21-25-11-6-3-7-12-25/h2-19H,20-22H2,1H3. The van der Waals surface area contributed by atoms with Crippen molar-refractivity contribution in [3.63, 3.8) is 0 Å². The number of sulfone groups is 1. The molecule has 182 valence electrons. The Labute approximate surface area is 212 Å². The second-order valence-corrected chi connectivity index (χ2v) is 10.7. The molecule has 0 radical (unpaired) electrons. The Bertz CT molecular complexity index is 1410. The number of benzene rings is 4. The first-order valence-electron chi connectivity index (χ1n) is 11.6. The summed E-state index contributed by atoms with van der Waals surface area (Å²) < 4.78 is 24.9. The lowest BCUT2D eigenvalue weighted by Gasteiger charge is -2.23. The molecule has 0 saturated carbocycles. The predicted molar refractivity (Wildman–Crippen MR) is 141 cm³/mol. The third-order valence-electron chi connectivity index (χ3n) is 5.77. The second-order valence-electron chi connectivity index (χ2n) is 8.70. The van der Waals surface area contributed by atoms with Crippen LogP contribution in [-0.4, -0.2) is 30.8 Å². The van der Waals surface area contributed by atoms with Crippen molar-refractivity contribution >= 4 is 21.5 Å². The molecule has 0 saturated heterocycles. The van der Waals surface area contributed by atoms with Crippen LogP contribution in [0.25, 0.3) is 11.1 Å². The van der Waals surface area contributed by atoms with Gasteiger partial charge in [-0.1, -0.05) is 84.9 Å². The molecule has 4 aromatic carbocycles. The smallest absolute Gasteiger partial charge is 0.254 e. The van der Waals surface area contributed by atoms with Crippen LogP contribution in [0.15, 0.2) is 114 Å². The minimum atomic E-state index is -3.69. The van der Waals surface area contributed by atoms with Crippen LogP contribution in [0.4, 0.5) is 0 Å². The van der Waals surface area contributed by atoms with Gasteiger partial charge in [-0.15, -0.1) is 0 Å². The van der Waals surface area contributed by atoms with Gasteiger partial charge in [-0.25, -0.2) is 8.42 Å². The van der Waals surface area contributed by atoms with Crippen LogP contribution in [0.1, 0.15) is 28.4 Å². The number of carbonyl (C=O) groups excluding carboxylic acids is 2. The maximum Gasteiger partial charge on any atom is 0.254 e. The molecule has 0 aliphatic rings. The highest BCUT2D eigenvalue weighted by Gasteiger charge is 2.19. The number of rotatable bonds is 9. The van der Waals surface area contributed by atoms with Gasteiger partial charge >= 0.3 is 0 Å². The topological polar surface area (TPSA) is 71.5 Å². The molecule has 0 atom stereocenters. The maximum absolute atomic E-state index is 13.5. The number of amides is 1. The van der Waals surface area contributed by atoms with E-state index in [4.69, 9.17) is 0 Å². The molecule has 6 heteroatoms. The van der Waals surface area contributed by atoms with Crippen molar-refractivity contribution in [1.29, 1.82) is 0 Å². The van der Waals surface area contributed by atoms with Crippen LogP contribution in [-0.2, 0) is 27.7 Å². The van der Waals surface area contributed by atoms with Crippen molar-refractivity contribution in [3.05, 3.63) is 126 Å². The first-order valence-corrected chi connectivity index (χ1v) is 13.3. The highest BCUT2D eigenvalue weighted by molar-refractivity contribution is 7.92. The van der Waals surface area contributed by atoms with E-state index in [-0.39, 0.29) is 10.8 Å². The first kappa shape index (κ1) is 25.1. The molecule has 0 aromatic heterocycles. The summed E-state index contributed by atoms with van der Waals surface area (Å²) in [6, 6.07) is 33.4. The van der Waals surface area contributed by atoms with Gasteiger partial charge in [-0.3, -0.25) is 9.59 Å². The number of nitrogens with zero attached hydrogens (tertiary/aromatic N) is 1. The van der Waals surface area contributed by atoms with Crippen molar-refractivity contribution in [2.24, 2.45) is 0 Å². The Balaban J connectivity index is 1.58. The Hall–Kier alpha value is -4.03. The average molecular weight is 498 g/mol. The molecule has 0 aliphatic carbocycles. The normalized spacial score (nSPS) is 11.1. The lowest BCUT2D eigenvalue weighted by atomic mass is 10.0. The van der Waals surface area contributed by atoms with Crippen LogP contribution in [0, 0.1) is 0 Å². The highest BCUT2D eigenvalue weighted by atomic mass is 32.2. The summed E-state index contributed by atoms with van der Waals surface area (Å²) in [4.78, 5) is 26.8. The van der Waals surface area contributed by atoms with E-state index in [9.17, 15) is 18.0 Å². The van der Waals surface area contributed by atoms with E-state index in [1.165, 1.54) is 13.0 Å². The summed E-state index contributed by atoms with van der Waals surface area (Å²) in [5, 5.41) is 0. The molecule has 0 fully saturated rings. The third kappa shape index (κ3) is 6.34. The molecule has 36 heavy (non-hydrogen) atoms. The molecule has 0 unspecified atom stereocenters. The van der Waals surface area contributed by atoms with Crippen molar-refractivity contribution < 1.29 is 18.0 Å². The van der Waals surface area contributed by atoms with Gasteiger partial charge < -0.3 is 4.90 Å². The number of Topliss-reactive ketones (excluding diaryl/α,β-unsaturated/α-hetero) is 1. The molecule has 0 heterocycles. The van der Waals surface area contributed by atoms with Gasteiger partial charge in [-0.2, -0.15) is 0 Å². The van der Waals surface area contributed by atoms with E-state index in [0.717, 1.165) is 16.7 Å². The monoisotopic (exact) mass is 497 g/mol. The molecule has 0 aliphatic heterocycles. The SMILES string of the molecule is CC(=O)CS(=O)(=O)c1cccc(-c2ccc(C(=O)N(Cc3ccccc3)Cc3ccccc3)cc2)c1. The molecule has 0 spiro atoms. The zero-order chi connectivity index (χ0) is 25.5. The Morgan fingerprint density at radius 1 is 0.667 bits per heavy atom. The summed E-state index contributed by atoms with van der Waals surface area (Å²) >= 11 is 0. The van der Waals surface area contributed by atoms with E-state index < -0.39 is 21.4 Å². The molecule has 4 rings (SSSR count). The van der Waals surface area contributed by atoms with Gasteiger partial charge in [0.05, 0.1) is 4.90 Å². The van der Waals surface area contributed by atoms with Gasteiger partial charge in [0.15, 0.2) is 9.84 Å². The van der Waals surface area contributed by atoms with E-state index in [2.05, 4.69) is 0 Å². The van der Waals surface area contributed by atoms with Crippen LogP contribution in [0.3, 0.4) is 0 Å². The zero-order valence-electron chi connectivity index (χ0n) is 20.0. The van der Waals surface area contributed by atoms with E-state index >= 15 is 0 Å². The Kier molecular flexibility index (Phi) is 7.76. The first-order chi connectivity index (χ1) is 17.3. The number of hydrogen-bond donors (Lipinski definition) is 0. The zero-order valence-corrected chi connectivity index (χ0v) is 20.8. The Morgan fingerprint density at radius 3 is 1.75 bits per heavy atom. The van der Waals surface area contributed by atoms with Crippen LogP contribution < -0.4 is 0 Å². The lowest BCUT2D eigenvalue weighted by Crippen LogP contribution is -2.30. The molecular weight excluding hydrogens is 470 g/mol. The van der Waals surface area contributed by atoms with E-state index in [1.54, 1.807) is 30.3 Å². The van der Waals surface area contributed by atoms with Gasteiger partial charge in [0.25, 0.3) is 5.91 Å². The fraction of sp³-hybridized carbons (Fsp3) is 0.133. The quantitative estimate of drug-likeness (QED) is 0.304. The molecular formula is C30H27NO4S. The van der Waals surface area contributed by atoms with E-state index in [0.29, 0.717) is 24.2 Å². The van der Waals surface area contributed by atoms with Gasteiger partial charge in [0, 0.05) is 18.7 Å². The lowest BCUT2D eigenvalue weighted by molar-refractivity contribution is -0.114. The number of carbonyl (C=O) groups is 2. The summed E-state index contributed by atoms with van der Waals surface area (Å²) in [6.45, 7) is 2.22. The molecule has 5 nitrogen and oxygen atoms in total. The summed E-state index contributed by atoms with van der Waals surface area (Å²) in [5.74, 6) is -1.02. The van der Waals surface area contributed by atoms with Crippen LogP contribution in [0.2, 0.25) is 0 Å². The van der Waals surface area contributed by atoms with Crippen molar-refractivity contribution in [2.45, 2.75) is 24.9 Å². The fourth-order valence-corrected chi connectivity index (χ4v) is 5.31. The minimum absolute atomic E-state index is 0.0907. The van der Waals surface area contributed by atoms with Gasteiger partial charge in [0.2, 0.25) is 0 Å². The Morgan fingerprint density at radius 2 is 1.22 bits per heavy atom. The van der Waals surface area contributed by atoms with E-state index in [1.807, 2.05) is 77.7 Å². The number of hydrogen-bond acceptors (Lipinski definition) is 4. The summed E-state index contributed by atoms with van der Waals surface area (Å²) in [6.07, 6.45) is 0. The number of ketones is 1. The van der Waals surface area contributed by atoms with Crippen molar-refractivity contribution in [1.82, 2.24) is 4.90 Å². The molecule has 0 bridgehead atoms. The fourth-order valence-electron chi connectivity index (χ4n) is 4.01. The highest BCUT2D eigenvalue weighted by Crippen LogP contribution is 2.24. The molecule has 0 N–H and O–H groups in total. The average Bonchev–Trinajstić information content (AvgIpc) is 2.89. The third-order valence-corrected chi connectivity index (χ3v) is 7.53. The van der Waals surface area contributed by atoms with Crippen molar-refractivity contribution in [2.75, 3.05) is 5.75 Å². The molecule has 1 amide bonds. The predicted octanol–water partition coefficient (Wildman–Crippen LogP) is 5.56. The van der Waals surface area contributed by atoms with Crippen LogP contribution >= 0.6 is 0 Å². The van der Waals surface area contributed by atoms with Gasteiger partial charge in [0.1, 0.15) is 11.5 Å². The maximum atomic E-state index is 13.5.